The van der Waals surface area contributed by atoms with Crippen molar-refractivity contribution in [2.45, 2.75) is 13.3 Å². The first-order valence-corrected chi connectivity index (χ1v) is 7.13. The van der Waals surface area contributed by atoms with Crippen LogP contribution in [-0.2, 0) is 11.2 Å². The molecule has 0 saturated carbocycles. The van der Waals surface area contributed by atoms with E-state index in [1.165, 1.54) is 6.07 Å². The van der Waals surface area contributed by atoms with Crippen LogP contribution < -0.4 is 5.32 Å². The second-order valence-corrected chi connectivity index (χ2v) is 5.61. The number of halogens is 1. The first-order chi connectivity index (χ1) is 9.95. The lowest BCUT2D eigenvalue weighted by Crippen LogP contribution is -2.15. The Kier molecular flexibility index (Phi) is 4.75. The van der Waals surface area contributed by atoms with Crippen molar-refractivity contribution in [2.75, 3.05) is 5.32 Å². The monoisotopic (exact) mass is 347 g/mol. The lowest BCUT2D eigenvalue weighted by Gasteiger charge is -2.08. The molecule has 0 aliphatic rings. The third-order valence-corrected chi connectivity index (χ3v) is 3.50. The van der Waals surface area contributed by atoms with E-state index in [2.05, 4.69) is 21.2 Å². The van der Waals surface area contributed by atoms with Crippen molar-refractivity contribution in [1.29, 1.82) is 0 Å². The number of carboxylic acids is 1. The third-order valence-electron chi connectivity index (χ3n) is 3.01. The minimum Gasteiger partial charge on any atom is -0.478 e. The van der Waals surface area contributed by atoms with Crippen molar-refractivity contribution in [3.8, 4) is 0 Å². The fourth-order valence-corrected chi connectivity index (χ4v) is 2.41. The summed E-state index contributed by atoms with van der Waals surface area (Å²) in [5.74, 6) is -1.19. The van der Waals surface area contributed by atoms with Crippen LogP contribution in [0.4, 0.5) is 5.69 Å². The second-order valence-electron chi connectivity index (χ2n) is 4.69. The Labute approximate surface area is 130 Å². The van der Waals surface area contributed by atoms with E-state index in [0.29, 0.717) is 11.3 Å². The summed E-state index contributed by atoms with van der Waals surface area (Å²) in [5.41, 5.74) is 2.22. The highest BCUT2D eigenvalue weighted by atomic mass is 79.9. The molecular formula is C16H14BrNO3. The maximum Gasteiger partial charge on any atom is 0.336 e. The van der Waals surface area contributed by atoms with Gasteiger partial charge in [0.15, 0.2) is 0 Å². The summed E-state index contributed by atoms with van der Waals surface area (Å²) in [6.45, 7) is 1.72. The van der Waals surface area contributed by atoms with E-state index < -0.39 is 5.97 Å². The summed E-state index contributed by atoms with van der Waals surface area (Å²) in [7, 11) is 0. The average Bonchev–Trinajstić information content (AvgIpc) is 2.40. The van der Waals surface area contributed by atoms with Crippen LogP contribution in [0.15, 0.2) is 46.9 Å². The van der Waals surface area contributed by atoms with Gasteiger partial charge >= 0.3 is 5.97 Å². The van der Waals surface area contributed by atoms with Gasteiger partial charge in [0.1, 0.15) is 0 Å². The first kappa shape index (κ1) is 15.3. The number of amides is 1. The number of aryl methyl sites for hydroxylation is 1. The molecule has 0 bridgehead atoms. The predicted octanol–water partition coefficient (Wildman–Crippen LogP) is 3.64. The van der Waals surface area contributed by atoms with Gasteiger partial charge in [0.2, 0.25) is 5.91 Å². The van der Waals surface area contributed by atoms with E-state index in [4.69, 9.17) is 5.11 Å². The van der Waals surface area contributed by atoms with Crippen molar-refractivity contribution in [3.63, 3.8) is 0 Å². The molecule has 21 heavy (non-hydrogen) atoms. The summed E-state index contributed by atoms with van der Waals surface area (Å²) in [6, 6.07) is 12.3. The number of nitrogens with one attached hydrogen (secondary N) is 1. The van der Waals surface area contributed by atoms with Gasteiger partial charge in [0.05, 0.1) is 12.0 Å². The molecular weight excluding hydrogens is 334 g/mol. The number of carbonyl (C=O) groups is 2. The number of anilines is 1. The Bertz CT molecular complexity index is 698. The number of rotatable bonds is 4. The molecule has 2 rings (SSSR count). The molecule has 2 aromatic carbocycles. The number of carbonyl (C=O) groups excluding carboxylic acids is 1. The van der Waals surface area contributed by atoms with Gasteiger partial charge in [-0.25, -0.2) is 4.79 Å². The molecule has 0 heterocycles. The SMILES string of the molecule is Cc1ccc(NC(=O)Cc2cccc(Br)c2)cc1C(=O)O. The van der Waals surface area contributed by atoms with Crippen LogP contribution in [0.2, 0.25) is 0 Å². The fraction of sp³-hybridized carbons (Fsp3) is 0.125. The Morgan fingerprint density at radius 3 is 2.62 bits per heavy atom. The lowest BCUT2D eigenvalue weighted by atomic mass is 10.1. The molecule has 0 radical (unpaired) electrons. The summed E-state index contributed by atoms with van der Waals surface area (Å²) >= 11 is 3.36. The quantitative estimate of drug-likeness (QED) is 0.887. The Morgan fingerprint density at radius 1 is 1.19 bits per heavy atom. The number of hydrogen-bond acceptors (Lipinski definition) is 2. The molecule has 0 atom stereocenters. The highest BCUT2D eigenvalue weighted by Gasteiger charge is 2.10. The topological polar surface area (TPSA) is 66.4 Å². The van der Waals surface area contributed by atoms with Crippen molar-refractivity contribution in [3.05, 3.63) is 63.6 Å². The highest BCUT2D eigenvalue weighted by molar-refractivity contribution is 9.10. The molecule has 108 valence electrons. The normalized spacial score (nSPS) is 10.2. The number of aromatic carboxylic acids is 1. The van der Waals surface area contributed by atoms with Gasteiger partial charge in [-0.05, 0) is 42.3 Å². The van der Waals surface area contributed by atoms with E-state index in [9.17, 15) is 9.59 Å². The summed E-state index contributed by atoms with van der Waals surface area (Å²) in [5, 5.41) is 11.8. The van der Waals surface area contributed by atoms with Crippen LogP contribution >= 0.6 is 15.9 Å². The lowest BCUT2D eigenvalue weighted by molar-refractivity contribution is -0.115. The van der Waals surface area contributed by atoms with Gasteiger partial charge in [0.25, 0.3) is 0 Å². The van der Waals surface area contributed by atoms with Gasteiger partial charge in [0, 0.05) is 10.2 Å². The van der Waals surface area contributed by atoms with E-state index in [1.54, 1.807) is 19.1 Å². The molecule has 5 heteroatoms. The molecule has 2 N–H and O–H groups in total. The number of hydrogen-bond donors (Lipinski definition) is 2. The number of carboxylic acid groups (broad SMARTS) is 1. The third kappa shape index (κ3) is 4.16. The predicted molar refractivity (Wildman–Crippen MR) is 84.6 cm³/mol. The van der Waals surface area contributed by atoms with Gasteiger partial charge < -0.3 is 10.4 Å². The maximum atomic E-state index is 12.0. The molecule has 0 aliphatic heterocycles. The smallest absolute Gasteiger partial charge is 0.336 e. The van der Waals surface area contributed by atoms with E-state index in [1.807, 2.05) is 24.3 Å². The minimum absolute atomic E-state index is 0.187. The molecule has 0 spiro atoms. The zero-order valence-corrected chi connectivity index (χ0v) is 13.0. The second kappa shape index (κ2) is 6.54. The standard InChI is InChI=1S/C16H14BrNO3/c1-10-5-6-13(9-14(10)16(20)21)18-15(19)8-11-3-2-4-12(17)7-11/h2-7,9H,8H2,1H3,(H,18,19)(H,20,21). The molecule has 2 aromatic rings. The maximum absolute atomic E-state index is 12.0. The summed E-state index contributed by atoms with van der Waals surface area (Å²) in [6.07, 6.45) is 0.232. The first-order valence-electron chi connectivity index (χ1n) is 6.34. The zero-order chi connectivity index (χ0) is 15.4. The van der Waals surface area contributed by atoms with Gasteiger partial charge in [-0.3, -0.25) is 4.79 Å². The van der Waals surface area contributed by atoms with Crippen LogP contribution in [0.3, 0.4) is 0 Å². The molecule has 0 unspecified atom stereocenters. The molecule has 4 nitrogen and oxygen atoms in total. The molecule has 0 aliphatic carbocycles. The Balaban J connectivity index is 2.09. The Hall–Kier alpha value is -2.14. The van der Waals surface area contributed by atoms with E-state index in [-0.39, 0.29) is 17.9 Å². The van der Waals surface area contributed by atoms with Crippen LogP contribution in [0, 0.1) is 6.92 Å². The number of benzene rings is 2. The molecule has 0 fully saturated rings. The Morgan fingerprint density at radius 2 is 1.95 bits per heavy atom. The van der Waals surface area contributed by atoms with Crippen molar-refractivity contribution in [2.24, 2.45) is 0 Å². The molecule has 1 amide bonds. The minimum atomic E-state index is -1.00. The van der Waals surface area contributed by atoms with Crippen molar-refractivity contribution >= 4 is 33.5 Å². The average molecular weight is 348 g/mol. The summed E-state index contributed by atoms with van der Waals surface area (Å²) in [4.78, 5) is 23.1. The van der Waals surface area contributed by atoms with Crippen LogP contribution in [0.5, 0.6) is 0 Å². The molecule has 0 aromatic heterocycles. The molecule has 0 saturated heterocycles. The van der Waals surface area contributed by atoms with E-state index in [0.717, 1.165) is 10.0 Å². The van der Waals surface area contributed by atoms with Crippen LogP contribution in [0.25, 0.3) is 0 Å². The largest absolute Gasteiger partial charge is 0.478 e. The van der Waals surface area contributed by atoms with Gasteiger partial charge in [-0.15, -0.1) is 0 Å². The van der Waals surface area contributed by atoms with Crippen molar-refractivity contribution < 1.29 is 14.7 Å². The van der Waals surface area contributed by atoms with E-state index >= 15 is 0 Å². The van der Waals surface area contributed by atoms with Gasteiger partial charge in [-0.2, -0.15) is 0 Å². The summed E-state index contributed by atoms with van der Waals surface area (Å²) < 4.78 is 0.913. The van der Waals surface area contributed by atoms with Crippen LogP contribution in [0.1, 0.15) is 21.5 Å². The highest BCUT2D eigenvalue weighted by Crippen LogP contribution is 2.16. The van der Waals surface area contributed by atoms with Crippen molar-refractivity contribution in [1.82, 2.24) is 0 Å². The van der Waals surface area contributed by atoms with Crippen LogP contribution in [-0.4, -0.2) is 17.0 Å². The zero-order valence-electron chi connectivity index (χ0n) is 11.4. The van der Waals surface area contributed by atoms with Gasteiger partial charge in [-0.1, -0.05) is 34.1 Å². The fourth-order valence-electron chi connectivity index (χ4n) is 1.97.